The Kier molecular flexibility index (Phi) is 5.19. The van der Waals surface area contributed by atoms with Crippen LogP contribution in [0, 0.1) is 11.3 Å². The number of carbonyl (C=O) groups is 1. The van der Waals surface area contributed by atoms with Crippen LogP contribution < -0.4 is 10.9 Å². The van der Waals surface area contributed by atoms with Crippen LogP contribution in [-0.2, 0) is 18.3 Å². The number of nitriles is 1. The third-order valence-electron chi connectivity index (χ3n) is 5.38. The molecule has 3 aromatic rings. The lowest BCUT2D eigenvalue weighted by Gasteiger charge is -2.16. The van der Waals surface area contributed by atoms with Crippen molar-refractivity contribution < 1.29 is 4.79 Å². The molecule has 158 valence electrons. The zero-order valence-electron chi connectivity index (χ0n) is 17.8. The van der Waals surface area contributed by atoms with Gasteiger partial charge in [0, 0.05) is 22.6 Å². The van der Waals surface area contributed by atoms with Crippen LogP contribution in [0.1, 0.15) is 66.5 Å². The van der Waals surface area contributed by atoms with Gasteiger partial charge in [-0.1, -0.05) is 20.8 Å². The highest BCUT2D eigenvalue weighted by Crippen LogP contribution is 2.26. The largest absolute Gasteiger partial charge is 0.306 e. The van der Waals surface area contributed by atoms with Gasteiger partial charge in [0.15, 0.2) is 0 Å². The van der Waals surface area contributed by atoms with E-state index in [4.69, 9.17) is 5.26 Å². The van der Waals surface area contributed by atoms with E-state index in [1.807, 2.05) is 26.8 Å². The Morgan fingerprint density at radius 1 is 1.19 bits per heavy atom. The van der Waals surface area contributed by atoms with E-state index in [2.05, 4.69) is 20.4 Å². The van der Waals surface area contributed by atoms with Crippen LogP contribution in [0.15, 0.2) is 35.1 Å². The van der Waals surface area contributed by atoms with Crippen molar-refractivity contribution in [2.24, 2.45) is 0 Å². The van der Waals surface area contributed by atoms with Gasteiger partial charge in [-0.2, -0.15) is 15.0 Å². The molecule has 0 atom stereocenters. The molecule has 1 aliphatic carbocycles. The predicted octanol–water partition coefficient (Wildman–Crippen LogP) is 3.26. The minimum absolute atomic E-state index is 0.156. The number of amides is 1. The van der Waals surface area contributed by atoms with Gasteiger partial charge in [-0.05, 0) is 49.9 Å². The van der Waals surface area contributed by atoms with Gasteiger partial charge in [-0.25, -0.2) is 4.98 Å². The van der Waals surface area contributed by atoms with Crippen molar-refractivity contribution in [1.29, 1.82) is 5.26 Å². The molecule has 4 rings (SSSR count). The molecule has 0 aliphatic heterocycles. The normalized spacial score (nSPS) is 13.4. The number of benzene rings is 1. The van der Waals surface area contributed by atoms with Gasteiger partial charge in [0.2, 0.25) is 5.95 Å². The summed E-state index contributed by atoms with van der Waals surface area (Å²) in [4.78, 5) is 32.9. The van der Waals surface area contributed by atoms with Gasteiger partial charge in [0.1, 0.15) is 5.82 Å². The molecule has 0 spiro atoms. The minimum Gasteiger partial charge on any atom is -0.306 e. The van der Waals surface area contributed by atoms with E-state index in [-0.39, 0.29) is 22.8 Å². The highest BCUT2D eigenvalue weighted by Gasteiger charge is 2.24. The number of nitrogens with zero attached hydrogens (tertiary/aromatic N) is 4. The number of carbonyl (C=O) groups excluding carboxylic acids is 1. The third-order valence-corrected chi connectivity index (χ3v) is 5.38. The fourth-order valence-corrected chi connectivity index (χ4v) is 3.57. The summed E-state index contributed by atoms with van der Waals surface area (Å²) in [7, 11) is 0. The zero-order chi connectivity index (χ0) is 22.2. The highest BCUT2D eigenvalue weighted by atomic mass is 16.2. The van der Waals surface area contributed by atoms with E-state index in [1.54, 1.807) is 30.3 Å². The average molecular weight is 416 g/mol. The van der Waals surface area contributed by atoms with E-state index in [0.717, 1.165) is 42.6 Å². The Labute approximate surface area is 180 Å². The minimum atomic E-state index is -0.341. The monoisotopic (exact) mass is 416 g/mol. The first-order chi connectivity index (χ1) is 14.8. The number of H-pyrrole nitrogens is 1. The fourth-order valence-electron chi connectivity index (χ4n) is 3.57. The molecule has 31 heavy (non-hydrogen) atoms. The molecule has 1 aromatic carbocycles. The molecule has 0 unspecified atom stereocenters. The Morgan fingerprint density at radius 3 is 2.58 bits per heavy atom. The van der Waals surface area contributed by atoms with Crippen LogP contribution in [0.25, 0.3) is 5.95 Å². The summed E-state index contributed by atoms with van der Waals surface area (Å²) < 4.78 is 1.48. The van der Waals surface area contributed by atoms with Crippen molar-refractivity contribution in [3.63, 3.8) is 0 Å². The second kappa shape index (κ2) is 7.84. The highest BCUT2D eigenvalue weighted by molar-refractivity contribution is 6.04. The maximum atomic E-state index is 12.8. The Bertz CT molecular complexity index is 1240. The quantitative estimate of drug-likeness (QED) is 0.680. The van der Waals surface area contributed by atoms with Gasteiger partial charge in [-0.3, -0.25) is 14.6 Å². The van der Waals surface area contributed by atoms with E-state index in [1.165, 1.54) is 4.68 Å². The number of rotatable bonds is 3. The van der Waals surface area contributed by atoms with Crippen molar-refractivity contribution >= 4 is 11.7 Å². The first-order valence-electron chi connectivity index (χ1n) is 10.3. The smallest absolute Gasteiger partial charge is 0.256 e. The second-order valence-corrected chi connectivity index (χ2v) is 8.74. The van der Waals surface area contributed by atoms with Crippen molar-refractivity contribution in [3.8, 4) is 12.0 Å². The molecular formula is C23H24N6O2. The van der Waals surface area contributed by atoms with Crippen molar-refractivity contribution in [3.05, 3.63) is 68.8 Å². The number of aromatic amines is 1. The predicted molar refractivity (Wildman–Crippen MR) is 116 cm³/mol. The van der Waals surface area contributed by atoms with E-state index in [9.17, 15) is 9.59 Å². The lowest BCUT2D eigenvalue weighted by atomic mass is 9.92. The Balaban J connectivity index is 1.75. The summed E-state index contributed by atoms with van der Waals surface area (Å²) in [5.74, 6) is 0.362. The van der Waals surface area contributed by atoms with Gasteiger partial charge >= 0.3 is 0 Å². The Morgan fingerprint density at radius 2 is 1.90 bits per heavy atom. The van der Waals surface area contributed by atoms with Crippen LogP contribution >= 0.6 is 0 Å². The van der Waals surface area contributed by atoms with Crippen LogP contribution in [0.3, 0.4) is 0 Å². The van der Waals surface area contributed by atoms with Crippen LogP contribution in [0.5, 0.6) is 0 Å². The molecule has 0 saturated carbocycles. The number of hydrogen-bond acceptors (Lipinski definition) is 5. The maximum absolute atomic E-state index is 12.8. The number of hydrogen-bond donors (Lipinski definition) is 2. The van der Waals surface area contributed by atoms with Crippen molar-refractivity contribution in [2.75, 3.05) is 5.32 Å². The molecule has 8 nitrogen and oxygen atoms in total. The second-order valence-electron chi connectivity index (χ2n) is 8.74. The van der Waals surface area contributed by atoms with E-state index >= 15 is 0 Å². The summed E-state index contributed by atoms with van der Waals surface area (Å²) in [6, 6.07) is 10.2. The molecule has 0 bridgehead atoms. The standard InChI is InChI=1S/C23H24N6O2/c1-23(2,3)18-12-19(26-20(30)15-10-8-14(13-24)9-11-15)29(28-18)22-25-17-7-5-4-6-16(17)21(31)27-22/h8-12H,4-7H2,1-3H3,(H,26,30)(H,25,27,31). The summed E-state index contributed by atoms with van der Waals surface area (Å²) in [6.07, 6.45) is 3.47. The molecule has 0 radical (unpaired) electrons. The van der Waals surface area contributed by atoms with Gasteiger partial charge < -0.3 is 5.32 Å². The topological polar surface area (TPSA) is 116 Å². The number of fused-ring (bicyclic) bond motifs is 1. The zero-order valence-corrected chi connectivity index (χ0v) is 17.8. The van der Waals surface area contributed by atoms with Gasteiger partial charge in [-0.15, -0.1) is 0 Å². The molecular weight excluding hydrogens is 392 g/mol. The summed E-state index contributed by atoms with van der Waals surface area (Å²) in [5.41, 5.74) is 2.75. The summed E-state index contributed by atoms with van der Waals surface area (Å²) in [5, 5.41) is 16.5. The number of aromatic nitrogens is 4. The number of anilines is 1. The van der Waals surface area contributed by atoms with E-state index in [0.29, 0.717) is 16.9 Å². The molecule has 0 fully saturated rings. The molecule has 2 heterocycles. The molecule has 2 N–H and O–H groups in total. The van der Waals surface area contributed by atoms with Crippen molar-refractivity contribution in [1.82, 2.24) is 19.7 Å². The van der Waals surface area contributed by atoms with Gasteiger partial charge in [0.25, 0.3) is 11.5 Å². The lowest BCUT2D eigenvalue weighted by Crippen LogP contribution is -2.25. The lowest BCUT2D eigenvalue weighted by molar-refractivity contribution is 0.102. The van der Waals surface area contributed by atoms with Crippen molar-refractivity contribution in [2.45, 2.75) is 51.9 Å². The molecule has 1 amide bonds. The SMILES string of the molecule is CC(C)(C)c1cc(NC(=O)c2ccc(C#N)cc2)n(-c2nc3c(c(=O)[nH]2)CCCC3)n1. The van der Waals surface area contributed by atoms with Crippen LogP contribution in [0.2, 0.25) is 0 Å². The Hall–Kier alpha value is -3.73. The first kappa shape index (κ1) is 20.5. The number of aryl methyl sites for hydroxylation is 1. The first-order valence-corrected chi connectivity index (χ1v) is 10.3. The molecule has 0 saturated heterocycles. The maximum Gasteiger partial charge on any atom is 0.256 e. The van der Waals surface area contributed by atoms with Crippen LogP contribution in [-0.4, -0.2) is 25.7 Å². The third kappa shape index (κ3) is 4.12. The number of nitrogens with one attached hydrogen (secondary N) is 2. The van der Waals surface area contributed by atoms with Gasteiger partial charge in [0.05, 0.1) is 23.0 Å². The van der Waals surface area contributed by atoms with Crippen LogP contribution in [0.4, 0.5) is 5.82 Å². The molecule has 1 aliphatic rings. The fraction of sp³-hybridized carbons (Fsp3) is 0.348. The summed E-state index contributed by atoms with van der Waals surface area (Å²) in [6.45, 7) is 6.07. The average Bonchev–Trinajstić information content (AvgIpc) is 3.18. The summed E-state index contributed by atoms with van der Waals surface area (Å²) >= 11 is 0. The van der Waals surface area contributed by atoms with E-state index < -0.39 is 0 Å². The molecule has 2 aromatic heterocycles. The molecule has 8 heteroatoms.